The van der Waals surface area contributed by atoms with E-state index in [4.69, 9.17) is 0 Å². The van der Waals surface area contributed by atoms with Gasteiger partial charge in [-0.2, -0.15) is 0 Å². The Morgan fingerprint density at radius 2 is 1.83 bits per heavy atom. The van der Waals surface area contributed by atoms with Crippen LogP contribution in [0.3, 0.4) is 0 Å². The fraction of sp³-hybridized carbons (Fsp3) is 0.333. The van der Waals surface area contributed by atoms with E-state index in [-0.39, 0.29) is 10.6 Å². The Kier molecular flexibility index (Phi) is 4.87. The first-order valence-corrected chi connectivity index (χ1v) is 11.6. The van der Waals surface area contributed by atoms with E-state index in [0.717, 1.165) is 27.2 Å². The highest BCUT2D eigenvalue weighted by molar-refractivity contribution is 7.90. The van der Waals surface area contributed by atoms with Crippen molar-refractivity contribution >= 4 is 48.6 Å². The molecule has 11 heteroatoms. The van der Waals surface area contributed by atoms with Gasteiger partial charge in [0.05, 0.1) is 10.3 Å². The highest BCUT2D eigenvalue weighted by Gasteiger charge is 2.30. The van der Waals surface area contributed by atoms with E-state index in [1.165, 1.54) is 6.07 Å². The highest BCUT2D eigenvalue weighted by atomic mass is 32.2. The zero-order chi connectivity index (χ0) is 20.8. The molecule has 1 fully saturated rings. The Bertz CT molecular complexity index is 1200. The third-order valence-electron chi connectivity index (χ3n) is 4.91. The van der Waals surface area contributed by atoms with Crippen LogP contribution in [-0.4, -0.2) is 55.7 Å². The van der Waals surface area contributed by atoms with Crippen LogP contribution in [0.5, 0.6) is 0 Å². The maximum atomic E-state index is 12.0. The first-order chi connectivity index (χ1) is 13.8. The number of benzene rings is 1. The lowest BCUT2D eigenvalue weighted by atomic mass is 10.2. The number of hydrogen-bond acceptors (Lipinski definition) is 9. The number of piperazine rings is 1. The molecule has 0 spiro atoms. The number of nitrogens with zero attached hydrogens (tertiary/aromatic N) is 5. The smallest absolute Gasteiger partial charge is 0.311 e. The van der Waals surface area contributed by atoms with Crippen LogP contribution >= 0.6 is 11.3 Å². The first kappa shape index (κ1) is 19.5. The summed E-state index contributed by atoms with van der Waals surface area (Å²) < 4.78 is 24.0. The molecule has 152 valence electrons. The van der Waals surface area contributed by atoms with E-state index in [0.29, 0.717) is 31.9 Å². The molecule has 0 aliphatic carbocycles. The van der Waals surface area contributed by atoms with Crippen molar-refractivity contribution in [2.45, 2.75) is 11.8 Å². The van der Waals surface area contributed by atoms with E-state index in [2.05, 4.69) is 20.9 Å². The number of fused-ring (bicyclic) bond motifs is 1. The average Bonchev–Trinajstić information content (AvgIpc) is 3.07. The Morgan fingerprint density at radius 3 is 2.48 bits per heavy atom. The summed E-state index contributed by atoms with van der Waals surface area (Å²) in [4.78, 5) is 25.7. The molecule has 1 aromatic carbocycles. The van der Waals surface area contributed by atoms with Crippen LogP contribution in [0.4, 0.5) is 17.2 Å². The molecule has 1 aliphatic rings. The number of thiophene rings is 1. The van der Waals surface area contributed by atoms with Crippen molar-refractivity contribution in [3.63, 3.8) is 0 Å². The maximum absolute atomic E-state index is 12.0. The zero-order valence-corrected chi connectivity index (χ0v) is 17.5. The van der Waals surface area contributed by atoms with Gasteiger partial charge >= 0.3 is 5.69 Å². The molecule has 2 aromatic heterocycles. The summed E-state index contributed by atoms with van der Waals surface area (Å²) in [5.41, 5.74) is -0.0295. The van der Waals surface area contributed by atoms with E-state index in [9.17, 15) is 18.5 Å². The van der Waals surface area contributed by atoms with Gasteiger partial charge in [0.2, 0.25) is 0 Å². The van der Waals surface area contributed by atoms with Crippen molar-refractivity contribution in [2.75, 3.05) is 42.2 Å². The number of rotatable bonds is 4. The fourth-order valence-corrected chi connectivity index (χ4v) is 5.32. The molecule has 1 aliphatic heterocycles. The van der Waals surface area contributed by atoms with Gasteiger partial charge in [-0.15, -0.1) is 11.3 Å². The SMILES string of the molecule is Cc1cc2c(N3CCN(c4cccc(S(C)(=O)=O)c4[N+](=O)[O-])CC3)ncnc2s1. The van der Waals surface area contributed by atoms with Crippen LogP contribution in [0.25, 0.3) is 10.2 Å². The summed E-state index contributed by atoms with van der Waals surface area (Å²) in [6, 6.07) is 6.51. The highest BCUT2D eigenvalue weighted by Crippen LogP contribution is 2.36. The van der Waals surface area contributed by atoms with Crippen LogP contribution in [0, 0.1) is 17.0 Å². The molecule has 0 saturated carbocycles. The largest absolute Gasteiger partial charge is 0.362 e. The molecule has 3 aromatic rings. The van der Waals surface area contributed by atoms with E-state index < -0.39 is 14.8 Å². The lowest BCUT2D eigenvalue weighted by molar-refractivity contribution is -0.387. The van der Waals surface area contributed by atoms with Gasteiger partial charge in [-0.25, -0.2) is 18.4 Å². The van der Waals surface area contributed by atoms with Gasteiger partial charge in [0.1, 0.15) is 27.6 Å². The second-order valence-corrected chi connectivity index (χ2v) is 10.1. The summed E-state index contributed by atoms with van der Waals surface area (Å²) in [6.07, 6.45) is 2.54. The predicted molar refractivity (Wildman–Crippen MR) is 113 cm³/mol. The van der Waals surface area contributed by atoms with Crippen molar-refractivity contribution in [2.24, 2.45) is 0 Å². The number of para-hydroxylation sites is 1. The third-order valence-corrected chi connectivity index (χ3v) is 7.00. The van der Waals surface area contributed by atoms with Crippen molar-refractivity contribution in [3.8, 4) is 0 Å². The Hall–Kier alpha value is -2.79. The Balaban J connectivity index is 1.63. The van der Waals surface area contributed by atoms with Gasteiger partial charge in [-0.1, -0.05) is 6.07 Å². The minimum Gasteiger partial charge on any atom is -0.362 e. The summed E-state index contributed by atoms with van der Waals surface area (Å²) in [7, 11) is -3.71. The number of aryl methyl sites for hydroxylation is 1. The molecule has 29 heavy (non-hydrogen) atoms. The van der Waals surface area contributed by atoms with E-state index in [1.807, 2.05) is 11.8 Å². The molecular formula is C18H19N5O4S2. The maximum Gasteiger partial charge on any atom is 0.311 e. The molecule has 3 heterocycles. The number of sulfone groups is 1. The van der Waals surface area contributed by atoms with Gasteiger partial charge < -0.3 is 9.80 Å². The van der Waals surface area contributed by atoms with Crippen molar-refractivity contribution in [1.29, 1.82) is 0 Å². The average molecular weight is 434 g/mol. The number of nitro groups is 1. The van der Waals surface area contributed by atoms with Gasteiger partial charge in [-0.05, 0) is 25.1 Å². The van der Waals surface area contributed by atoms with Crippen molar-refractivity contribution < 1.29 is 13.3 Å². The van der Waals surface area contributed by atoms with Crippen LogP contribution in [0.15, 0.2) is 35.5 Å². The number of aromatic nitrogens is 2. The molecule has 0 bridgehead atoms. The van der Waals surface area contributed by atoms with E-state index in [1.54, 1.807) is 29.8 Å². The van der Waals surface area contributed by atoms with Crippen LogP contribution < -0.4 is 9.80 Å². The topological polar surface area (TPSA) is 110 Å². The quantitative estimate of drug-likeness (QED) is 0.456. The summed E-state index contributed by atoms with van der Waals surface area (Å²) in [5.74, 6) is 0.860. The lowest BCUT2D eigenvalue weighted by Crippen LogP contribution is -2.47. The summed E-state index contributed by atoms with van der Waals surface area (Å²) >= 11 is 1.62. The molecule has 0 atom stereocenters. The predicted octanol–water partition coefficient (Wildman–Crippen LogP) is 2.64. The van der Waals surface area contributed by atoms with Crippen LogP contribution in [-0.2, 0) is 9.84 Å². The Labute approximate surface area is 171 Å². The van der Waals surface area contributed by atoms with Crippen molar-refractivity contribution in [3.05, 3.63) is 45.6 Å². The van der Waals surface area contributed by atoms with Crippen LogP contribution in [0.2, 0.25) is 0 Å². The zero-order valence-electron chi connectivity index (χ0n) is 15.9. The minimum atomic E-state index is -3.71. The van der Waals surface area contributed by atoms with Crippen LogP contribution in [0.1, 0.15) is 4.88 Å². The monoisotopic (exact) mass is 433 g/mol. The first-order valence-electron chi connectivity index (χ1n) is 8.94. The molecule has 4 rings (SSSR count). The number of nitro benzene ring substituents is 1. The second kappa shape index (κ2) is 7.23. The molecule has 0 radical (unpaired) electrons. The molecule has 0 unspecified atom stereocenters. The Morgan fingerprint density at radius 1 is 1.14 bits per heavy atom. The van der Waals surface area contributed by atoms with Gasteiger partial charge in [-0.3, -0.25) is 10.1 Å². The van der Waals surface area contributed by atoms with Gasteiger partial charge in [0.25, 0.3) is 0 Å². The molecule has 0 N–H and O–H groups in total. The van der Waals surface area contributed by atoms with Gasteiger partial charge in [0, 0.05) is 37.3 Å². The molecule has 0 amide bonds. The normalized spacial score (nSPS) is 15.1. The number of hydrogen-bond donors (Lipinski definition) is 0. The molecular weight excluding hydrogens is 414 g/mol. The molecule has 9 nitrogen and oxygen atoms in total. The standard InChI is InChI=1S/C18H19N5O4S2/c1-12-10-13-17(19-11-20-18(13)28-12)22-8-6-21(7-9-22)14-4-3-5-15(29(2,26)27)16(14)23(24)25/h3-5,10-11H,6-9H2,1-2H3. The second-order valence-electron chi connectivity index (χ2n) is 6.90. The fourth-order valence-electron chi connectivity index (χ4n) is 3.62. The molecule has 1 saturated heterocycles. The third kappa shape index (κ3) is 3.62. The summed E-state index contributed by atoms with van der Waals surface area (Å²) in [5, 5.41) is 12.7. The lowest BCUT2D eigenvalue weighted by Gasteiger charge is -2.36. The summed E-state index contributed by atoms with van der Waals surface area (Å²) in [6.45, 7) is 4.29. The van der Waals surface area contributed by atoms with Gasteiger partial charge in [0.15, 0.2) is 9.84 Å². The van der Waals surface area contributed by atoms with Crippen molar-refractivity contribution in [1.82, 2.24) is 9.97 Å². The minimum absolute atomic E-state index is 0.256. The van der Waals surface area contributed by atoms with E-state index >= 15 is 0 Å². The number of anilines is 2.